The number of rotatable bonds is 3. The molecule has 0 radical (unpaired) electrons. The number of nitrogens with zero attached hydrogens (tertiary/aromatic N) is 2. The maximum Gasteiger partial charge on any atom is 0.225 e. The average molecular weight is 283 g/mol. The number of hydrogen-bond donors (Lipinski definition) is 0. The van der Waals surface area contributed by atoms with Crippen LogP contribution in [0.25, 0.3) is 11.1 Å². The minimum Gasteiger partial charge on any atom is -0.480 e. The topological polar surface area (TPSA) is 52.1 Å². The number of aromatic nitrogens is 2. The normalized spacial score (nSPS) is 10.2. The second kappa shape index (κ2) is 5.33. The lowest BCUT2D eigenvalue weighted by Gasteiger charge is -2.09. The van der Waals surface area contributed by atoms with Gasteiger partial charge in [-0.05, 0) is 29.3 Å². The smallest absolute Gasteiger partial charge is 0.225 e. The molecule has 0 unspecified atom stereocenters. The van der Waals surface area contributed by atoms with Crippen molar-refractivity contribution in [3.05, 3.63) is 40.3 Å². The van der Waals surface area contributed by atoms with Crippen molar-refractivity contribution in [2.75, 3.05) is 7.11 Å². The maximum absolute atomic E-state index is 11.1. The zero-order chi connectivity index (χ0) is 13.1. The maximum atomic E-state index is 11.1. The largest absolute Gasteiger partial charge is 0.480 e. The molecule has 0 atom stereocenters. The SMILES string of the molecule is COc1nc(Cl)ncc1-c1ccc(Cl)cc1C=O. The minimum atomic E-state index is 0.0808. The second-order valence-electron chi connectivity index (χ2n) is 3.41. The Morgan fingerprint density at radius 1 is 1.28 bits per heavy atom. The van der Waals surface area contributed by atoms with Crippen LogP contribution in [-0.4, -0.2) is 23.4 Å². The van der Waals surface area contributed by atoms with Gasteiger partial charge in [0, 0.05) is 16.8 Å². The molecule has 1 aromatic heterocycles. The van der Waals surface area contributed by atoms with Crippen LogP contribution in [0.4, 0.5) is 0 Å². The molecule has 0 bridgehead atoms. The third-order valence-corrected chi connectivity index (χ3v) is 2.77. The molecule has 0 fully saturated rings. The lowest BCUT2D eigenvalue weighted by Crippen LogP contribution is -1.96. The third-order valence-electron chi connectivity index (χ3n) is 2.35. The van der Waals surface area contributed by atoms with Gasteiger partial charge in [0.05, 0.1) is 12.7 Å². The van der Waals surface area contributed by atoms with E-state index in [0.717, 1.165) is 6.29 Å². The Morgan fingerprint density at radius 2 is 2.06 bits per heavy atom. The first-order valence-electron chi connectivity index (χ1n) is 4.97. The molecule has 0 aliphatic rings. The van der Waals surface area contributed by atoms with E-state index in [2.05, 4.69) is 9.97 Å². The van der Waals surface area contributed by atoms with Crippen molar-refractivity contribution in [3.8, 4) is 17.0 Å². The molecule has 0 saturated heterocycles. The number of aldehydes is 1. The standard InChI is InChI=1S/C12H8Cl2N2O2/c1-18-11-10(5-15-12(14)16-11)9-3-2-8(13)4-7(9)6-17/h2-6H,1H3. The molecule has 0 saturated carbocycles. The first-order chi connectivity index (χ1) is 8.65. The predicted octanol–water partition coefficient (Wildman–Crippen LogP) is 3.27. The summed E-state index contributed by atoms with van der Waals surface area (Å²) in [4.78, 5) is 18.9. The first kappa shape index (κ1) is 12.8. The molecule has 4 nitrogen and oxygen atoms in total. The van der Waals surface area contributed by atoms with Crippen LogP contribution in [0.1, 0.15) is 10.4 Å². The van der Waals surface area contributed by atoms with Crippen LogP contribution >= 0.6 is 23.2 Å². The highest BCUT2D eigenvalue weighted by molar-refractivity contribution is 6.31. The Balaban J connectivity index is 2.65. The predicted molar refractivity (Wildman–Crippen MR) is 69.4 cm³/mol. The molecule has 0 N–H and O–H groups in total. The van der Waals surface area contributed by atoms with E-state index in [-0.39, 0.29) is 5.28 Å². The van der Waals surface area contributed by atoms with Gasteiger partial charge in [-0.1, -0.05) is 17.7 Å². The van der Waals surface area contributed by atoms with Crippen molar-refractivity contribution < 1.29 is 9.53 Å². The molecule has 0 aliphatic carbocycles. The molecule has 2 rings (SSSR count). The zero-order valence-corrected chi connectivity index (χ0v) is 10.9. The third kappa shape index (κ3) is 2.44. The van der Waals surface area contributed by atoms with Crippen LogP contribution in [0.2, 0.25) is 10.3 Å². The van der Waals surface area contributed by atoms with Crippen molar-refractivity contribution >= 4 is 29.5 Å². The van der Waals surface area contributed by atoms with E-state index in [4.69, 9.17) is 27.9 Å². The summed E-state index contributed by atoms with van der Waals surface area (Å²) >= 11 is 11.5. The van der Waals surface area contributed by atoms with Gasteiger partial charge in [0.25, 0.3) is 0 Å². The van der Waals surface area contributed by atoms with Crippen LogP contribution in [-0.2, 0) is 0 Å². The molecule has 1 heterocycles. The van der Waals surface area contributed by atoms with E-state index in [1.807, 2.05) is 0 Å². The molecule has 6 heteroatoms. The van der Waals surface area contributed by atoms with Crippen molar-refractivity contribution in [2.24, 2.45) is 0 Å². The van der Waals surface area contributed by atoms with Gasteiger partial charge in [0.2, 0.25) is 11.2 Å². The number of carbonyl (C=O) groups excluding carboxylic acids is 1. The van der Waals surface area contributed by atoms with Crippen molar-refractivity contribution in [2.45, 2.75) is 0 Å². The van der Waals surface area contributed by atoms with Gasteiger partial charge in [0.15, 0.2) is 6.29 Å². The number of halogens is 2. The molecule has 18 heavy (non-hydrogen) atoms. The first-order valence-corrected chi connectivity index (χ1v) is 5.73. The van der Waals surface area contributed by atoms with Crippen LogP contribution in [0, 0.1) is 0 Å². The van der Waals surface area contributed by atoms with Gasteiger partial charge in [0.1, 0.15) is 0 Å². The van der Waals surface area contributed by atoms with Gasteiger partial charge in [-0.2, -0.15) is 4.98 Å². The van der Waals surface area contributed by atoms with Crippen molar-refractivity contribution in [1.82, 2.24) is 9.97 Å². The molecule has 92 valence electrons. The van der Waals surface area contributed by atoms with Crippen LogP contribution in [0.5, 0.6) is 5.88 Å². The fourth-order valence-corrected chi connectivity index (χ4v) is 1.87. The minimum absolute atomic E-state index is 0.0808. The number of carbonyl (C=O) groups is 1. The Morgan fingerprint density at radius 3 is 2.72 bits per heavy atom. The highest BCUT2D eigenvalue weighted by Gasteiger charge is 2.13. The lowest BCUT2D eigenvalue weighted by molar-refractivity contribution is 0.112. The highest BCUT2D eigenvalue weighted by atomic mass is 35.5. The summed E-state index contributed by atoms with van der Waals surface area (Å²) < 4.78 is 5.13. The fraction of sp³-hybridized carbons (Fsp3) is 0.0833. The van der Waals surface area contributed by atoms with E-state index in [1.165, 1.54) is 13.3 Å². The van der Waals surface area contributed by atoms with Crippen LogP contribution < -0.4 is 4.74 Å². The Labute approximate surface area is 114 Å². The van der Waals surface area contributed by atoms with E-state index in [1.54, 1.807) is 18.2 Å². The molecule has 0 aliphatic heterocycles. The van der Waals surface area contributed by atoms with Crippen LogP contribution in [0.3, 0.4) is 0 Å². The van der Waals surface area contributed by atoms with E-state index in [9.17, 15) is 4.79 Å². The summed E-state index contributed by atoms with van der Waals surface area (Å²) in [7, 11) is 1.47. The molecule has 0 spiro atoms. The number of methoxy groups -OCH3 is 1. The van der Waals surface area contributed by atoms with Gasteiger partial charge in [-0.15, -0.1) is 0 Å². The van der Waals surface area contributed by atoms with Gasteiger partial charge < -0.3 is 4.74 Å². The number of benzene rings is 1. The second-order valence-corrected chi connectivity index (χ2v) is 4.19. The Hall–Kier alpha value is -1.65. The fourth-order valence-electron chi connectivity index (χ4n) is 1.56. The average Bonchev–Trinajstić information content (AvgIpc) is 2.38. The van der Waals surface area contributed by atoms with E-state index >= 15 is 0 Å². The van der Waals surface area contributed by atoms with Crippen molar-refractivity contribution in [3.63, 3.8) is 0 Å². The van der Waals surface area contributed by atoms with E-state index in [0.29, 0.717) is 27.6 Å². The summed E-state index contributed by atoms with van der Waals surface area (Å²) in [6.07, 6.45) is 2.22. The summed E-state index contributed by atoms with van der Waals surface area (Å²) in [5.41, 5.74) is 1.66. The van der Waals surface area contributed by atoms with Gasteiger partial charge in [-0.3, -0.25) is 4.79 Å². The van der Waals surface area contributed by atoms with Crippen molar-refractivity contribution in [1.29, 1.82) is 0 Å². The summed E-state index contributed by atoms with van der Waals surface area (Å²) in [6, 6.07) is 4.96. The quantitative estimate of drug-likeness (QED) is 0.640. The Kier molecular flexibility index (Phi) is 3.79. The monoisotopic (exact) mass is 282 g/mol. The molecule has 2 aromatic rings. The molecule has 1 aromatic carbocycles. The number of ether oxygens (including phenoxy) is 1. The highest BCUT2D eigenvalue weighted by Crippen LogP contribution is 2.31. The van der Waals surface area contributed by atoms with Crippen LogP contribution in [0.15, 0.2) is 24.4 Å². The molecular weight excluding hydrogens is 275 g/mol. The molecule has 0 amide bonds. The number of hydrogen-bond acceptors (Lipinski definition) is 4. The summed E-state index contributed by atoms with van der Waals surface area (Å²) in [6.45, 7) is 0. The van der Waals surface area contributed by atoms with Gasteiger partial charge >= 0.3 is 0 Å². The lowest BCUT2D eigenvalue weighted by atomic mass is 10.0. The summed E-state index contributed by atoms with van der Waals surface area (Å²) in [5.74, 6) is 0.306. The molecular formula is C12H8Cl2N2O2. The summed E-state index contributed by atoms with van der Waals surface area (Å²) in [5, 5.41) is 0.562. The van der Waals surface area contributed by atoms with E-state index < -0.39 is 0 Å². The zero-order valence-electron chi connectivity index (χ0n) is 9.35. The van der Waals surface area contributed by atoms with Gasteiger partial charge in [-0.25, -0.2) is 4.98 Å². The Bertz CT molecular complexity index is 603.